The summed E-state index contributed by atoms with van der Waals surface area (Å²) in [5, 5.41) is 19.0. The van der Waals surface area contributed by atoms with Crippen LogP contribution in [0.25, 0.3) is 0 Å². The monoisotopic (exact) mass is 190 g/mol. The number of aliphatic hydroxyl groups excluding tert-OH is 2. The lowest BCUT2D eigenvalue weighted by atomic mass is 10.0. The van der Waals surface area contributed by atoms with Crippen molar-refractivity contribution in [3.05, 3.63) is 11.6 Å². The largest absolute Gasteiger partial charge is 0.386 e. The number of ether oxygens (including phenoxy) is 2. The minimum absolute atomic E-state index is 0.181. The predicted octanol–water partition coefficient (Wildman–Crippen LogP) is -0.0527. The van der Waals surface area contributed by atoms with Crippen LogP contribution in [-0.4, -0.2) is 49.9 Å². The van der Waals surface area contributed by atoms with Gasteiger partial charge in [0.15, 0.2) is 0 Å². The Morgan fingerprint density at radius 2 is 1.54 bits per heavy atom. The Labute approximate surface area is 78.8 Å². The molecule has 0 aromatic heterocycles. The van der Waals surface area contributed by atoms with Crippen molar-refractivity contribution < 1.29 is 19.7 Å². The molecule has 0 fully saturated rings. The summed E-state index contributed by atoms with van der Waals surface area (Å²) in [6.45, 7) is 2.12. The molecule has 0 aliphatic carbocycles. The quantitative estimate of drug-likeness (QED) is 0.576. The van der Waals surface area contributed by atoms with Gasteiger partial charge in [0.1, 0.15) is 12.2 Å². The van der Waals surface area contributed by atoms with Crippen LogP contribution in [0, 0.1) is 0 Å². The summed E-state index contributed by atoms with van der Waals surface area (Å²) in [5.74, 6) is 0. The Morgan fingerprint density at radius 3 is 1.77 bits per heavy atom. The molecule has 4 heteroatoms. The van der Waals surface area contributed by atoms with Gasteiger partial charge in [-0.15, -0.1) is 0 Å². The molecule has 0 aromatic rings. The SMILES string of the molecule is CC=C(C(O)COC)C(O)COC. The van der Waals surface area contributed by atoms with E-state index in [-0.39, 0.29) is 13.2 Å². The van der Waals surface area contributed by atoms with E-state index < -0.39 is 12.2 Å². The van der Waals surface area contributed by atoms with Gasteiger partial charge >= 0.3 is 0 Å². The zero-order chi connectivity index (χ0) is 10.3. The fourth-order valence-electron chi connectivity index (χ4n) is 1.12. The highest BCUT2D eigenvalue weighted by atomic mass is 16.5. The first-order valence-electron chi connectivity index (χ1n) is 4.17. The third-order valence-corrected chi connectivity index (χ3v) is 1.75. The van der Waals surface area contributed by atoms with Crippen LogP contribution in [0.2, 0.25) is 0 Å². The third-order valence-electron chi connectivity index (χ3n) is 1.75. The van der Waals surface area contributed by atoms with E-state index in [9.17, 15) is 10.2 Å². The molecule has 0 radical (unpaired) electrons. The summed E-state index contributed by atoms with van der Waals surface area (Å²) < 4.78 is 9.54. The highest BCUT2D eigenvalue weighted by Crippen LogP contribution is 2.09. The van der Waals surface area contributed by atoms with Gasteiger partial charge in [-0.3, -0.25) is 0 Å². The molecule has 0 bridgehead atoms. The number of hydrogen-bond donors (Lipinski definition) is 2. The van der Waals surface area contributed by atoms with Crippen LogP contribution in [0.5, 0.6) is 0 Å². The number of rotatable bonds is 6. The van der Waals surface area contributed by atoms with Crippen molar-refractivity contribution in [2.45, 2.75) is 19.1 Å². The molecule has 0 rings (SSSR count). The maximum absolute atomic E-state index is 9.50. The van der Waals surface area contributed by atoms with Gasteiger partial charge in [0.2, 0.25) is 0 Å². The van der Waals surface area contributed by atoms with Crippen molar-refractivity contribution >= 4 is 0 Å². The molecule has 0 spiro atoms. The number of aliphatic hydroxyl groups is 2. The number of hydrogen-bond acceptors (Lipinski definition) is 4. The van der Waals surface area contributed by atoms with Crippen LogP contribution in [0.1, 0.15) is 6.92 Å². The van der Waals surface area contributed by atoms with Gasteiger partial charge in [0.25, 0.3) is 0 Å². The van der Waals surface area contributed by atoms with Gasteiger partial charge in [-0.05, 0) is 12.5 Å². The molecule has 78 valence electrons. The van der Waals surface area contributed by atoms with Crippen molar-refractivity contribution in [2.75, 3.05) is 27.4 Å². The van der Waals surface area contributed by atoms with Crippen molar-refractivity contribution in [2.24, 2.45) is 0 Å². The van der Waals surface area contributed by atoms with E-state index in [1.54, 1.807) is 13.0 Å². The molecular formula is C9H18O4. The summed E-state index contributed by atoms with van der Waals surface area (Å²) in [4.78, 5) is 0. The molecule has 0 aliphatic heterocycles. The smallest absolute Gasteiger partial charge is 0.101 e. The number of allylic oxidation sites excluding steroid dienone is 1. The minimum Gasteiger partial charge on any atom is -0.386 e. The molecule has 2 N–H and O–H groups in total. The highest BCUT2D eigenvalue weighted by molar-refractivity contribution is 5.12. The van der Waals surface area contributed by atoms with Gasteiger partial charge in [0.05, 0.1) is 13.2 Å². The molecule has 13 heavy (non-hydrogen) atoms. The molecule has 0 aromatic carbocycles. The first kappa shape index (κ1) is 12.6. The maximum Gasteiger partial charge on any atom is 0.101 e. The van der Waals surface area contributed by atoms with Gasteiger partial charge in [-0.25, -0.2) is 0 Å². The minimum atomic E-state index is -0.764. The molecule has 4 nitrogen and oxygen atoms in total. The van der Waals surface area contributed by atoms with Crippen molar-refractivity contribution in [3.8, 4) is 0 Å². The van der Waals surface area contributed by atoms with Crippen LogP contribution in [0.3, 0.4) is 0 Å². The van der Waals surface area contributed by atoms with E-state index in [1.807, 2.05) is 0 Å². The van der Waals surface area contributed by atoms with Crippen LogP contribution < -0.4 is 0 Å². The Morgan fingerprint density at radius 1 is 1.15 bits per heavy atom. The summed E-state index contributed by atoms with van der Waals surface area (Å²) in [6, 6.07) is 0. The lowest BCUT2D eigenvalue weighted by molar-refractivity contribution is 0.0410. The third kappa shape index (κ3) is 4.38. The van der Waals surface area contributed by atoms with Crippen LogP contribution in [0.4, 0.5) is 0 Å². The van der Waals surface area contributed by atoms with Crippen LogP contribution in [-0.2, 0) is 9.47 Å². The van der Waals surface area contributed by atoms with E-state index >= 15 is 0 Å². The molecule has 0 aliphatic rings. The van der Waals surface area contributed by atoms with Gasteiger partial charge in [-0.2, -0.15) is 0 Å². The zero-order valence-corrected chi connectivity index (χ0v) is 8.36. The molecule has 0 heterocycles. The Bertz CT molecular complexity index is 142. The Hall–Kier alpha value is -0.420. The Balaban J connectivity index is 4.16. The van der Waals surface area contributed by atoms with Gasteiger partial charge in [-0.1, -0.05) is 6.08 Å². The lowest BCUT2D eigenvalue weighted by Crippen LogP contribution is -2.28. The normalized spacial score (nSPS) is 15.2. The van der Waals surface area contributed by atoms with E-state index in [4.69, 9.17) is 9.47 Å². The second-order valence-electron chi connectivity index (χ2n) is 2.73. The second kappa shape index (κ2) is 7.03. The molecule has 0 amide bonds. The molecule has 0 saturated heterocycles. The summed E-state index contributed by atoms with van der Waals surface area (Å²) >= 11 is 0. The van der Waals surface area contributed by atoms with Gasteiger partial charge in [0, 0.05) is 14.2 Å². The zero-order valence-electron chi connectivity index (χ0n) is 8.36. The van der Waals surface area contributed by atoms with E-state index in [2.05, 4.69) is 0 Å². The lowest BCUT2D eigenvalue weighted by Gasteiger charge is -2.18. The van der Waals surface area contributed by atoms with Crippen molar-refractivity contribution in [3.63, 3.8) is 0 Å². The van der Waals surface area contributed by atoms with Crippen molar-refractivity contribution in [1.29, 1.82) is 0 Å². The summed E-state index contributed by atoms with van der Waals surface area (Å²) in [6.07, 6.45) is 0.146. The Kier molecular flexibility index (Phi) is 6.80. The van der Waals surface area contributed by atoms with E-state index in [0.29, 0.717) is 5.57 Å². The number of methoxy groups -OCH3 is 2. The van der Waals surface area contributed by atoms with E-state index in [0.717, 1.165) is 0 Å². The second-order valence-corrected chi connectivity index (χ2v) is 2.73. The van der Waals surface area contributed by atoms with Crippen molar-refractivity contribution in [1.82, 2.24) is 0 Å². The summed E-state index contributed by atoms with van der Waals surface area (Å²) in [7, 11) is 3.00. The first-order chi connectivity index (χ1) is 6.17. The van der Waals surface area contributed by atoms with E-state index in [1.165, 1.54) is 14.2 Å². The molecular weight excluding hydrogens is 172 g/mol. The predicted molar refractivity (Wildman–Crippen MR) is 49.5 cm³/mol. The van der Waals surface area contributed by atoms with Crippen LogP contribution in [0.15, 0.2) is 11.6 Å². The summed E-state index contributed by atoms with van der Waals surface area (Å²) in [5.41, 5.74) is 0.531. The maximum atomic E-state index is 9.50. The van der Waals surface area contributed by atoms with Gasteiger partial charge < -0.3 is 19.7 Å². The average molecular weight is 190 g/mol. The highest BCUT2D eigenvalue weighted by Gasteiger charge is 2.17. The fraction of sp³-hybridized carbons (Fsp3) is 0.778. The van der Waals surface area contributed by atoms with Crippen LogP contribution >= 0.6 is 0 Å². The standard InChI is InChI=1S/C9H18O4/c1-4-7(8(10)5-12-2)9(11)6-13-3/h4,8-11H,5-6H2,1-3H3. The molecule has 2 atom stereocenters. The average Bonchev–Trinajstić information content (AvgIpc) is 2.06. The molecule has 0 saturated carbocycles. The molecule has 2 unspecified atom stereocenters. The fourth-order valence-corrected chi connectivity index (χ4v) is 1.12. The topological polar surface area (TPSA) is 58.9 Å². The first-order valence-corrected chi connectivity index (χ1v) is 4.17.